The number of amides is 2. The number of nitrogens with two attached hydrogens (primary N) is 3. The molecule has 3 saturated heterocycles. The van der Waals surface area contributed by atoms with Gasteiger partial charge in [-0.3, -0.25) is 19.9 Å². The molecule has 0 radical (unpaired) electrons. The summed E-state index contributed by atoms with van der Waals surface area (Å²) >= 11 is 1.59. The van der Waals surface area contributed by atoms with Crippen LogP contribution >= 0.6 is 11.3 Å². The molecule has 70 heavy (non-hydrogen) atoms. The van der Waals surface area contributed by atoms with Gasteiger partial charge in [0.2, 0.25) is 17.8 Å². The molecular weight excluding hydrogens is 909 g/mol. The Bertz CT molecular complexity index is 2690. The molecule has 8 rings (SSSR count). The molecule has 0 bridgehead atoms. The minimum atomic E-state index is -0.826. The van der Waals surface area contributed by atoms with Crippen molar-refractivity contribution in [2.24, 2.45) is 23.1 Å². The lowest BCUT2D eigenvalue weighted by Crippen LogP contribution is -2.48. The van der Waals surface area contributed by atoms with Crippen LogP contribution < -0.4 is 37.6 Å². The SMILES string of the molecule is Cc1ncsc1-c1ccc([C@H](C)NC(=O)[C@@H]2C[C@@H](O)CN2C(=O)C(c2cc(N3CCN(Cc4cnc(N5CCC(NC(/C=C(\N)c6ccccc6O)=C(/N)C(=N)N)CC5)nc4)CC3)no2)C(C)C)cc1. The Labute approximate surface area is 412 Å². The zero-order valence-corrected chi connectivity index (χ0v) is 40.9. The van der Waals surface area contributed by atoms with Crippen LogP contribution in [0.2, 0.25) is 0 Å². The average Bonchev–Trinajstić information content (AvgIpc) is 4.12. The van der Waals surface area contributed by atoms with Crippen molar-refractivity contribution in [3.63, 3.8) is 0 Å². The van der Waals surface area contributed by atoms with Gasteiger partial charge >= 0.3 is 0 Å². The zero-order valence-electron chi connectivity index (χ0n) is 40.1. The second kappa shape index (κ2) is 21.7. The minimum Gasteiger partial charge on any atom is -0.507 e. The number of para-hydroxylation sites is 1. The third-order valence-electron chi connectivity index (χ3n) is 13.4. The van der Waals surface area contributed by atoms with Crippen LogP contribution in [-0.4, -0.2) is 122 Å². The van der Waals surface area contributed by atoms with Crippen molar-refractivity contribution in [2.45, 2.75) is 83.6 Å². The Balaban J connectivity index is 0.813. The molecular formula is C50H64N14O5S. The van der Waals surface area contributed by atoms with Crippen molar-refractivity contribution in [1.82, 2.24) is 40.5 Å². The van der Waals surface area contributed by atoms with Crippen LogP contribution in [0.5, 0.6) is 5.75 Å². The van der Waals surface area contributed by atoms with E-state index < -0.39 is 18.1 Å². The van der Waals surface area contributed by atoms with E-state index in [2.05, 4.69) is 35.5 Å². The molecule has 0 saturated carbocycles. The highest BCUT2D eigenvalue weighted by molar-refractivity contribution is 7.13. The number of allylic oxidation sites excluding steroid dienone is 1. The number of nitrogens with one attached hydrogen (secondary N) is 3. The van der Waals surface area contributed by atoms with Gasteiger partial charge in [-0.05, 0) is 61.9 Å². The molecule has 0 spiro atoms. The summed E-state index contributed by atoms with van der Waals surface area (Å²) < 4.78 is 5.89. The fourth-order valence-electron chi connectivity index (χ4n) is 9.41. The number of rotatable bonds is 16. The molecule has 0 aliphatic carbocycles. The highest BCUT2D eigenvalue weighted by atomic mass is 32.1. The molecule has 3 aliphatic rings. The molecule has 3 fully saturated rings. The Morgan fingerprint density at radius 1 is 0.957 bits per heavy atom. The van der Waals surface area contributed by atoms with Gasteiger partial charge in [-0.15, -0.1) is 11.3 Å². The number of hydrogen-bond donors (Lipinski definition) is 8. The standard InChI is InChI=1S/C50H64N14O5S/c1-29(2)44(49(68)64-27-36(65)21-40(64)48(67)58-30(3)33-9-11-34(12-10-33)46-31(4)57-28-70-46)42-23-43(60-69-42)62-19-17-61(18-20-62)26-32-24-55-50(56-25-32)63-15-13-35(14-16-63)59-39(45(52)47(53)54)22-38(51)37-7-5-6-8-41(37)66/h5-12,22-25,28-30,35-36,40,44,59,65-66H,13-21,26-27,51-52H2,1-4H3,(H3,53,54)(H,58,67)/b38-22-,45-39+/t30-,36+,40-,44?/m0/s1. The van der Waals surface area contributed by atoms with Gasteiger partial charge in [0.15, 0.2) is 11.6 Å². The first-order valence-corrected chi connectivity index (χ1v) is 24.7. The van der Waals surface area contributed by atoms with Gasteiger partial charge in [0.25, 0.3) is 0 Å². The Hall–Kier alpha value is -7.03. The van der Waals surface area contributed by atoms with E-state index in [0.717, 1.165) is 53.2 Å². The summed E-state index contributed by atoms with van der Waals surface area (Å²) in [6.45, 7) is 12.9. The van der Waals surface area contributed by atoms with E-state index in [4.69, 9.17) is 37.1 Å². The van der Waals surface area contributed by atoms with E-state index in [1.54, 1.807) is 41.7 Å². The molecule has 4 atom stereocenters. The number of anilines is 2. The molecule has 6 heterocycles. The van der Waals surface area contributed by atoms with Gasteiger partial charge < -0.3 is 57.3 Å². The molecule has 20 heteroatoms. The van der Waals surface area contributed by atoms with E-state index in [1.165, 1.54) is 4.90 Å². The number of phenolic OH excluding ortho intramolecular Hbond substituents is 1. The van der Waals surface area contributed by atoms with Crippen molar-refractivity contribution in [1.29, 1.82) is 5.41 Å². The number of thiazole rings is 1. The van der Waals surface area contributed by atoms with Crippen LogP contribution in [0.3, 0.4) is 0 Å². The van der Waals surface area contributed by atoms with Gasteiger partial charge in [0, 0.05) is 100 Å². The van der Waals surface area contributed by atoms with Crippen molar-refractivity contribution < 1.29 is 24.3 Å². The molecule has 2 amide bonds. The second-order valence-electron chi connectivity index (χ2n) is 18.7. The summed E-state index contributed by atoms with van der Waals surface area (Å²) in [5.41, 5.74) is 25.3. The summed E-state index contributed by atoms with van der Waals surface area (Å²) in [5.74, 6) is 0.0658. The van der Waals surface area contributed by atoms with Crippen LogP contribution in [0.4, 0.5) is 11.8 Å². The van der Waals surface area contributed by atoms with Gasteiger partial charge in [0.05, 0.1) is 39.6 Å². The molecule has 3 aliphatic heterocycles. The Kier molecular flexibility index (Phi) is 15.3. The number of carbonyl (C=O) groups excluding carboxylic acids is 2. The smallest absolute Gasteiger partial charge is 0.243 e. The van der Waals surface area contributed by atoms with E-state index in [-0.39, 0.29) is 60.1 Å². The number of amidine groups is 1. The average molecular weight is 973 g/mol. The molecule has 370 valence electrons. The number of hydrogen-bond acceptors (Lipinski definition) is 17. The number of aliphatic hydroxyl groups is 1. The summed E-state index contributed by atoms with van der Waals surface area (Å²) in [4.78, 5) is 51.2. The first kappa shape index (κ1) is 49.4. The number of piperazine rings is 1. The largest absolute Gasteiger partial charge is 0.507 e. The third kappa shape index (κ3) is 11.4. The number of aromatic hydroxyl groups is 1. The fourth-order valence-corrected chi connectivity index (χ4v) is 10.2. The number of nitrogens with zero attached hydrogens (tertiary/aromatic N) is 8. The van der Waals surface area contributed by atoms with Crippen molar-refractivity contribution in [3.05, 3.63) is 118 Å². The van der Waals surface area contributed by atoms with E-state index in [0.29, 0.717) is 67.2 Å². The summed E-state index contributed by atoms with van der Waals surface area (Å²) in [6, 6.07) is 15.5. The normalized spacial score (nSPS) is 19.5. The van der Waals surface area contributed by atoms with Gasteiger partial charge in [-0.1, -0.05) is 55.4 Å². The molecule has 5 aromatic rings. The van der Waals surface area contributed by atoms with Crippen molar-refractivity contribution in [3.8, 4) is 16.2 Å². The first-order valence-electron chi connectivity index (χ1n) is 23.8. The maximum Gasteiger partial charge on any atom is 0.243 e. The summed E-state index contributed by atoms with van der Waals surface area (Å²) in [5, 5.41) is 39.9. The highest BCUT2D eigenvalue weighted by Gasteiger charge is 2.44. The number of carbonyl (C=O) groups is 2. The van der Waals surface area contributed by atoms with Crippen LogP contribution in [0.1, 0.15) is 80.1 Å². The van der Waals surface area contributed by atoms with Crippen LogP contribution in [0.25, 0.3) is 16.1 Å². The molecule has 2 aromatic carbocycles. The maximum atomic E-state index is 14.3. The van der Waals surface area contributed by atoms with Gasteiger partial charge in [0.1, 0.15) is 23.5 Å². The quantitative estimate of drug-likeness (QED) is 0.0392. The summed E-state index contributed by atoms with van der Waals surface area (Å²) in [6.07, 6.45) is 6.20. The minimum absolute atomic E-state index is 0.0286. The maximum absolute atomic E-state index is 14.3. The number of piperidine rings is 1. The molecule has 11 N–H and O–H groups in total. The second-order valence-corrected chi connectivity index (χ2v) is 19.6. The Morgan fingerprint density at radius 2 is 1.66 bits per heavy atom. The molecule has 19 nitrogen and oxygen atoms in total. The number of aliphatic hydroxyl groups excluding tert-OH is 1. The van der Waals surface area contributed by atoms with Crippen molar-refractivity contribution >= 4 is 46.5 Å². The molecule has 3 aromatic heterocycles. The predicted octanol–water partition coefficient (Wildman–Crippen LogP) is 4.17. The lowest BCUT2D eigenvalue weighted by molar-refractivity contribution is -0.141. The number of aryl methyl sites for hydroxylation is 1. The monoisotopic (exact) mass is 972 g/mol. The number of aromatic nitrogens is 4. The predicted molar refractivity (Wildman–Crippen MR) is 270 cm³/mol. The topological polar surface area (TPSA) is 278 Å². The van der Waals surface area contributed by atoms with Crippen molar-refractivity contribution in [2.75, 3.05) is 55.6 Å². The number of benzene rings is 2. The number of likely N-dealkylation sites (tertiary alicyclic amines) is 1. The lowest BCUT2D eigenvalue weighted by atomic mass is 9.91. The van der Waals surface area contributed by atoms with Crippen LogP contribution in [0.15, 0.2) is 94.5 Å². The third-order valence-corrected chi connectivity index (χ3v) is 14.4. The van der Waals surface area contributed by atoms with E-state index in [1.807, 2.05) is 75.9 Å². The fraction of sp³-hybridized carbons (Fsp3) is 0.420. The first-order chi connectivity index (χ1) is 33.6. The van der Waals surface area contributed by atoms with Gasteiger partial charge in [-0.2, -0.15) is 0 Å². The lowest BCUT2D eigenvalue weighted by Gasteiger charge is -2.34. The van der Waals surface area contributed by atoms with E-state index in [9.17, 15) is 19.8 Å². The van der Waals surface area contributed by atoms with Gasteiger partial charge in [-0.25, -0.2) is 15.0 Å². The van der Waals surface area contributed by atoms with Crippen LogP contribution in [0, 0.1) is 18.3 Å². The summed E-state index contributed by atoms with van der Waals surface area (Å²) in [7, 11) is 0. The number of phenols is 1. The number of β-amino-alcohol motifs (C(OH)–C–C–N with tert-alkyl or cyclic N) is 1. The van der Waals surface area contributed by atoms with E-state index >= 15 is 0 Å². The Morgan fingerprint density at radius 3 is 2.30 bits per heavy atom. The zero-order chi connectivity index (χ0) is 49.6. The van der Waals surface area contributed by atoms with Crippen LogP contribution in [-0.2, 0) is 16.1 Å². The highest BCUT2D eigenvalue weighted by Crippen LogP contribution is 2.34. The molecule has 1 unspecified atom stereocenters.